The average Bonchev–Trinajstić information content (AvgIpc) is 2.65. The van der Waals surface area contributed by atoms with Crippen molar-refractivity contribution in [3.63, 3.8) is 0 Å². The molecule has 1 saturated heterocycles. The lowest BCUT2D eigenvalue weighted by Crippen LogP contribution is -2.43. The smallest absolute Gasteiger partial charge is 0.243 e. The molecule has 9 heteroatoms. The second-order valence-electron chi connectivity index (χ2n) is 6.27. The van der Waals surface area contributed by atoms with Crippen LogP contribution in [0.15, 0.2) is 47.4 Å². The maximum absolute atomic E-state index is 13.2. The van der Waals surface area contributed by atoms with E-state index in [1.807, 2.05) is 0 Å². The minimum Gasteiger partial charge on any atom is -0.326 e. The molecule has 0 aliphatic carbocycles. The van der Waals surface area contributed by atoms with E-state index in [9.17, 15) is 17.6 Å². The van der Waals surface area contributed by atoms with Gasteiger partial charge in [-0.1, -0.05) is 23.2 Å². The van der Waals surface area contributed by atoms with Crippen molar-refractivity contribution in [2.24, 2.45) is 5.92 Å². The van der Waals surface area contributed by atoms with Gasteiger partial charge < -0.3 is 5.32 Å². The zero-order valence-electron chi connectivity index (χ0n) is 14.2. The highest BCUT2D eigenvalue weighted by Gasteiger charge is 2.33. The van der Waals surface area contributed by atoms with Crippen LogP contribution >= 0.6 is 23.2 Å². The normalized spacial score (nSPS) is 18.3. The topological polar surface area (TPSA) is 66.5 Å². The predicted octanol–water partition coefficient (Wildman–Crippen LogP) is 4.17. The molecule has 0 bridgehead atoms. The highest BCUT2D eigenvalue weighted by atomic mass is 35.5. The summed E-state index contributed by atoms with van der Waals surface area (Å²) >= 11 is 11.5. The standard InChI is InChI=1S/C18H17Cl2FN2O3S/c19-13-3-6-15(7-4-13)27(25,26)23-9-1-2-12(11-23)18(24)22-14-5-8-17(21)16(20)10-14/h3-8,10,12H,1-2,9,11H2,(H,22,24). The van der Waals surface area contributed by atoms with Crippen LogP contribution < -0.4 is 5.32 Å². The van der Waals surface area contributed by atoms with Crippen molar-refractivity contribution in [1.29, 1.82) is 0 Å². The molecule has 1 fully saturated rings. The number of sulfonamides is 1. The van der Waals surface area contributed by atoms with Gasteiger partial charge in [-0.15, -0.1) is 0 Å². The zero-order chi connectivity index (χ0) is 19.6. The fourth-order valence-electron chi connectivity index (χ4n) is 2.95. The van der Waals surface area contributed by atoms with Crippen LogP contribution in [0.2, 0.25) is 10.0 Å². The minimum atomic E-state index is -3.71. The molecule has 2 aromatic rings. The summed E-state index contributed by atoms with van der Waals surface area (Å²) in [5, 5.41) is 3.02. The lowest BCUT2D eigenvalue weighted by atomic mass is 9.99. The Morgan fingerprint density at radius 2 is 1.85 bits per heavy atom. The summed E-state index contributed by atoms with van der Waals surface area (Å²) < 4.78 is 40.1. The molecule has 1 amide bonds. The summed E-state index contributed by atoms with van der Waals surface area (Å²) in [7, 11) is -3.71. The Hall–Kier alpha value is -1.67. The molecule has 144 valence electrons. The van der Waals surface area contributed by atoms with Gasteiger partial charge in [-0.05, 0) is 55.3 Å². The number of nitrogens with one attached hydrogen (secondary N) is 1. The molecule has 0 spiro atoms. The van der Waals surface area contributed by atoms with E-state index in [4.69, 9.17) is 23.2 Å². The Morgan fingerprint density at radius 1 is 1.15 bits per heavy atom. The molecule has 2 aromatic carbocycles. The molecule has 5 nitrogen and oxygen atoms in total. The van der Waals surface area contributed by atoms with Gasteiger partial charge in [0.15, 0.2) is 0 Å². The van der Waals surface area contributed by atoms with Crippen molar-refractivity contribution >= 4 is 44.8 Å². The first-order valence-electron chi connectivity index (χ1n) is 8.29. The van der Waals surface area contributed by atoms with E-state index < -0.39 is 21.8 Å². The Kier molecular flexibility index (Phi) is 6.05. The van der Waals surface area contributed by atoms with Crippen LogP contribution in [0.4, 0.5) is 10.1 Å². The highest BCUT2D eigenvalue weighted by Crippen LogP contribution is 2.26. The SMILES string of the molecule is O=C(Nc1ccc(F)c(Cl)c1)C1CCCN(S(=O)(=O)c2ccc(Cl)cc2)C1. The van der Waals surface area contributed by atoms with Crippen LogP contribution in [0.1, 0.15) is 12.8 Å². The van der Waals surface area contributed by atoms with Gasteiger partial charge in [0, 0.05) is 23.8 Å². The molecule has 27 heavy (non-hydrogen) atoms. The fraction of sp³-hybridized carbons (Fsp3) is 0.278. The summed E-state index contributed by atoms with van der Waals surface area (Å²) in [5.41, 5.74) is 0.365. The molecule has 1 N–H and O–H groups in total. The van der Waals surface area contributed by atoms with Gasteiger partial charge in [-0.3, -0.25) is 4.79 Å². The molecule has 1 atom stereocenters. The van der Waals surface area contributed by atoms with Crippen molar-refractivity contribution < 1.29 is 17.6 Å². The Bertz CT molecular complexity index is 952. The summed E-state index contributed by atoms with van der Waals surface area (Å²) in [6.45, 7) is 0.419. The summed E-state index contributed by atoms with van der Waals surface area (Å²) in [6.07, 6.45) is 1.13. The molecule has 1 unspecified atom stereocenters. The second kappa shape index (κ2) is 8.14. The third-order valence-corrected chi connectivity index (χ3v) is 6.81. The van der Waals surface area contributed by atoms with Crippen molar-refractivity contribution in [2.75, 3.05) is 18.4 Å². The van der Waals surface area contributed by atoms with Gasteiger partial charge in [0.05, 0.1) is 15.8 Å². The van der Waals surface area contributed by atoms with Crippen molar-refractivity contribution in [3.05, 3.63) is 58.3 Å². The second-order valence-corrected chi connectivity index (χ2v) is 9.06. The first-order valence-corrected chi connectivity index (χ1v) is 10.5. The molecular weight excluding hydrogens is 414 g/mol. The number of hydrogen-bond acceptors (Lipinski definition) is 3. The quantitative estimate of drug-likeness (QED) is 0.790. The fourth-order valence-corrected chi connectivity index (χ4v) is 4.78. The van der Waals surface area contributed by atoms with E-state index in [0.29, 0.717) is 30.1 Å². The zero-order valence-corrected chi connectivity index (χ0v) is 16.5. The third kappa shape index (κ3) is 4.60. The van der Waals surface area contributed by atoms with E-state index >= 15 is 0 Å². The number of nitrogens with zero attached hydrogens (tertiary/aromatic N) is 1. The average molecular weight is 431 g/mol. The number of carbonyl (C=O) groups excluding carboxylic acids is 1. The van der Waals surface area contributed by atoms with Crippen LogP contribution in [0.25, 0.3) is 0 Å². The molecule has 0 saturated carbocycles. The number of carbonyl (C=O) groups is 1. The molecule has 3 rings (SSSR count). The number of benzene rings is 2. The van der Waals surface area contributed by atoms with Crippen LogP contribution in [-0.2, 0) is 14.8 Å². The maximum atomic E-state index is 13.2. The van der Waals surface area contributed by atoms with Gasteiger partial charge in [0.25, 0.3) is 0 Å². The van der Waals surface area contributed by atoms with Crippen LogP contribution in [0, 0.1) is 11.7 Å². The first kappa shape index (κ1) is 20.1. The maximum Gasteiger partial charge on any atom is 0.243 e. The summed E-state index contributed by atoms with van der Waals surface area (Å²) in [5.74, 6) is -1.41. The summed E-state index contributed by atoms with van der Waals surface area (Å²) in [6, 6.07) is 9.81. The van der Waals surface area contributed by atoms with Crippen molar-refractivity contribution in [2.45, 2.75) is 17.7 Å². The van der Waals surface area contributed by atoms with Gasteiger partial charge in [0.1, 0.15) is 5.82 Å². The van der Waals surface area contributed by atoms with Crippen LogP contribution in [0.5, 0.6) is 0 Å². The van der Waals surface area contributed by atoms with E-state index in [0.717, 1.165) is 6.07 Å². The molecule has 1 heterocycles. The van der Waals surface area contributed by atoms with Gasteiger partial charge in [0.2, 0.25) is 15.9 Å². The molecule has 0 aromatic heterocycles. The van der Waals surface area contributed by atoms with Crippen molar-refractivity contribution in [1.82, 2.24) is 4.31 Å². The largest absolute Gasteiger partial charge is 0.326 e. The lowest BCUT2D eigenvalue weighted by Gasteiger charge is -2.31. The number of hydrogen-bond donors (Lipinski definition) is 1. The Labute approximate surface area is 167 Å². The van der Waals surface area contributed by atoms with Crippen LogP contribution in [-0.4, -0.2) is 31.7 Å². The van der Waals surface area contributed by atoms with Gasteiger partial charge >= 0.3 is 0 Å². The first-order chi connectivity index (χ1) is 12.8. The van der Waals surface area contributed by atoms with E-state index in [2.05, 4.69) is 5.32 Å². The highest BCUT2D eigenvalue weighted by molar-refractivity contribution is 7.89. The molecule has 0 radical (unpaired) electrons. The molecule has 1 aliphatic heterocycles. The predicted molar refractivity (Wildman–Crippen MR) is 103 cm³/mol. The number of piperidine rings is 1. The minimum absolute atomic E-state index is 0.0751. The van der Waals surface area contributed by atoms with Gasteiger partial charge in [-0.25, -0.2) is 12.8 Å². The van der Waals surface area contributed by atoms with E-state index in [-0.39, 0.29) is 22.4 Å². The molecular formula is C18H17Cl2FN2O3S. The number of amides is 1. The van der Waals surface area contributed by atoms with Crippen molar-refractivity contribution in [3.8, 4) is 0 Å². The molecule has 1 aliphatic rings. The number of halogens is 3. The third-order valence-electron chi connectivity index (χ3n) is 4.39. The Balaban J connectivity index is 1.72. The monoisotopic (exact) mass is 430 g/mol. The number of anilines is 1. The lowest BCUT2D eigenvalue weighted by molar-refractivity contribution is -0.120. The summed E-state index contributed by atoms with van der Waals surface area (Å²) in [4.78, 5) is 12.7. The Morgan fingerprint density at radius 3 is 2.52 bits per heavy atom. The van der Waals surface area contributed by atoms with E-state index in [1.165, 1.54) is 40.7 Å². The van der Waals surface area contributed by atoms with Crippen LogP contribution in [0.3, 0.4) is 0 Å². The number of rotatable bonds is 4. The van der Waals surface area contributed by atoms with E-state index in [1.54, 1.807) is 0 Å². The van der Waals surface area contributed by atoms with Gasteiger partial charge in [-0.2, -0.15) is 4.31 Å².